The quantitative estimate of drug-likeness (QED) is 0.890. The van der Waals surface area contributed by atoms with E-state index in [0.717, 1.165) is 44.6 Å². The Kier molecular flexibility index (Phi) is 4.38. The van der Waals surface area contributed by atoms with Crippen LogP contribution in [0.25, 0.3) is 0 Å². The third kappa shape index (κ3) is 3.19. The van der Waals surface area contributed by atoms with E-state index in [2.05, 4.69) is 51.5 Å². The number of fused-ring (bicyclic) bond motifs is 3. The fourth-order valence-corrected chi connectivity index (χ4v) is 4.64. The van der Waals surface area contributed by atoms with Gasteiger partial charge in [-0.15, -0.1) is 0 Å². The number of nitrogens with zero attached hydrogens (tertiary/aromatic N) is 2. The molecule has 0 bridgehead atoms. The number of methoxy groups -OCH3 is 1. The Morgan fingerprint density at radius 3 is 2.79 bits per heavy atom. The molecule has 1 saturated carbocycles. The van der Waals surface area contributed by atoms with E-state index >= 15 is 0 Å². The van der Waals surface area contributed by atoms with E-state index in [1.165, 1.54) is 16.9 Å². The van der Waals surface area contributed by atoms with E-state index < -0.39 is 0 Å². The van der Waals surface area contributed by atoms with E-state index in [1.807, 2.05) is 12.1 Å². The van der Waals surface area contributed by atoms with Crippen molar-refractivity contribution in [2.75, 3.05) is 36.5 Å². The molecule has 2 aromatic rings. The van der Waals surface area contributed by atoms with Crippen LogP contribution in [0.1, 0.15) is 18.4 Å². The Morgan fingerprint density at radius 1 is 1.11 bits per heavy atom. The zero-order chi connectivity index (χ0) is 19.1. The molecule has 2 unspecified atom stereocenters. The van der Waals surface area contributed by atoms with Gasteiger partial charge in [-0.3, -0.25) is 4.79 Å². The number of hydrogen-bond donors (Lipinski definition) is 1. The van der Waals surface area contributed by atoms with Crippen LogP contribution in [0.5, 0.6) is 5.75 Å². The van der Waals surface area contributed by atoms with Gasteiger partial charge in [0.1, 0.15) is 5.75 Å². The van der Waals surface area contributed by atoms with Crippen molar-refractivity contribution in [3.05, 3.63) is 54.1 Å². The van der Waals surface area contributed by atoms with Gasteiger partial charge in [0.25, 0.3) is 0 Å². The Balaban J connectivity index is 1.44. The number of para-hydroxylation sites is 1. The first-order valence-electron chi connectivity index (χ1n) is 10.3. The smallest absolute Gasteiger partial charge is 0.225 e. The summed E-state index contributed by atoms with van der Waals surface area (Å²) in [6, 6.07) is 17.4. The first-order valence-corrected chi connectivity index (χ1v) is 10.3. The van der Waals surface area contributed by atoms with Gasteiger partial charge in [-0.05, 0) is 43.0 Å². The number of hydrogen-bond acceptors (Lipinski definition) is 4. The number of piperazine rings is 1. The third-order valence-corrected chi connectivity index (χ3v) is 6.30. The number of ether oxygens (including phenoxy) is 1. The second-order valence-corrected chi connectivity index (χ2v) is 8.13. The summed E-state index contributed by atoms with van der Waals surface area (Å²) in [5, 5.41) is 3.26. The molecule has 1 saturated heterocycles. The number of carbonyl (C=O) groups is 1. The Labute approximate surface area is 166 Å². The van der Waals surface area contributed by atoms with Crippen molar-refractivity contribution < 1.29 is 9.53 Å². The van der Waals surface area contributed by atoms with Crippen molar-refractivity contribution in [2.45, 2.75) is 31.3 Å². The fraction of sp³-hybridized carbons (Fsp3) is 0.435. The van der Waals surface area contributed by atoms with Crippen LogP contribution in [-0.2, 0) is 11.2 Å². The first kappa shape index (κ1) is 17.4. The molecule has 28 heavy (non-hydrogen) atoms. The summed E-state index contributed by atoms with van der Waals surface area (Å²) in [6.07, 6.45) is 3.07. The van der Waals surface area contributed by atoms with E-state index in [1.54, 1.807) is 7.11 Å². The topological polar surface area (TPSA) is 44.8 Å². The predicted octanol–water partition coefficient (Wildman–Crippen LogP) is 2.84. The van der Waals surface area contributed by atoms with Crippen molar-refractivity contribution in [2.24, 2.45) is 5.92 Å². The lowest BCUT2D eigenvalue weighted by atomic mass is 9.83. The lowest BCUT2D eigenvalue weighted by Crippen LogP contribution is -2.61. The average Bonchev–Trinajstić information content (AvgIpc) is 3.56. The Hall–Kier alpha value is -2.69. The summed E-state index contributed by atoms with van der Waals surface area (Å²) < 4.78 is 5.41. The fourth-order valence-electron chi connectivity index (χ4n) is 4.64. The summed E-state index contributed by atoms with van der Waals surface area (Å²) >= 11 is 0. The van der Waals surface area contributed by atoms with Gasteiger partial charge in [-0.2, -0.15) is 0 Å². The molecule has 146 valence electrons. The number of anilines is 2. The van der Waals surface area contributed by atoms with Crippen molar-refractivity contribution in [1.82, 2.24) is 5.32 Å². The maximum Gasteiger partial charge on any atom is 0.225 e. The summed E-state index contributed by atoms with van der Waals surface area (Å²) in [5.41, 5.74) is 3.76. The van der Waals surface area contributed by atoms with Gasteiger partial charge in [0.05, 0.1) is 19.1 Å². The van der Waals surface area contributed by atoms with Crippen LogP contribution >= 0.6 is 0 Å². The monoisotopic (exact) mass is 377 g/mol. The van der Waals surface area contributed by atoms with Crippen LogP contribution in [0.4, 0.5) is 11.4 Å². The normalized spacial score (nSPS) is 23.6. The maximum absolute atomic E-state index is 13.1. The first-order chi connectivity index (χ1) is 13.7. The molecule has 1 aliphatic carbocycles. The van der Waals surface area contributed by atoms with Crippen LogP contribution in [0.15, 0.2) is 48.5 Å². The molecule has 1 N–H and O–H groups in total. The minimum absolute atomic E-state index is 0.0103. The minimum atomic E-state index is -0.0103. The molecule has 0 radical (unpaired) electrons. The minimum Gasteiger partial charge on any atom is -0.497 e. The van der Waals surface area contributed by atoms with Crippen molar-refractivity contribution in [3.8, 4) is 5.75 Å². The molecular weight excluding hydrogens is 350 g/mol. The molecule has 1 amide bonds. The molecular formula is C23H27N3O2. The van der Waals surface area contributed by atoms with Crippen LogP contribution in [0.3, 0.4) is 0 Å². The highest BCUT2D eigenvalue weighted by molar-refractivity contribution is 5.83. The van der Waals surface area contributed by atoms with Crippen molar-refractivity contribution in [3.63, 3.8) is 0 Å². The highest BCUT2D eigenvalue weighted by Crippen LogP contribution is 2.37. The summed E-state index contributed by atoms with van der Waals surface area (Å²) in [6.45, 7) is 2.71. The molecule has 5 rings (SSSR count). The van der Waals surface area contributed by atoms with Gasteiger partial charge >= 0.3 is 0 Å². The molecule has 2 fully saturated rings. The standard InChI is InChI=1S/C23H27N3O2/c1-28-19-7-4-6-18(14-19)25-11-12-26-21-8-3-2-5-16(21)13-20(22(26)15-25)23(27)24-17-9-10-17/h2-8,14,17,20,22H,9-13,15H2,1H3,(H,24,27). The third-order valence-electron chi connectivity index (χ3n) is 6.30. The number of rotatable bonds is 4. The number of benzene rings is 2. The lowest BCUT2D eigenvalue weighted by molar-refractivity contribution is -0.126. The van der Waals surface area contributed by atoms with Crippen molar-refractivity contribution in [1.29, 1.82) is 0 Å². The van der Waals surface area contributed by atoms with Gasteiger partial charge in [-0.25, -0.2) is 0 Å². The second-order valence-electron chi connectivity index (χ2n) is 8.13. The summed E-state index contributed by atoms with van der Waals surface area (Å²) in [5.74, 6) is 1.08. The Bertz CT molecular complexity index is 880. The molecule has 5 heteroatoms. The lowest BCUT2D eigenvalue weighted by Gasteiger charge is -2.49. The van der Waals surface area contributed by atoms with Gasteiger partial charge in [0.15, 0.2) is 0 Å². The highest BCUT2D eigenvalue weighted by Gasteiger charge is 2.42. The summed E-state index contributed by atoms with van der Waals surface area (Å²) in [4.78, 5) is 17.9. The van der Waals surface area contributed by atoms with Crippen molar-refractivity contribution >= 4 is 17.3 Å². The zero-order valence-electron chi connectivity index (χ0n) is 16.3. The van der Waals surface area contributed by atoms with E-state index in [0.29, 0.717) is 6.04 Å². The molecule has 2 heterocycles. The average molecular weight is 377 g/mol. The van der Waals surface area contributed by atoms with Crippen LogP contribution in [0.2, 0.25) is 0 Å². The van der Waals surface area contributed by atoms with Gasteiger partial charge in [0, 0.05) is 43.1 Å². The van der Waals surface area contributed by atoms with E-state index in [4.69, 9.17) is 4.74 Å². The Morgan fingerprint density at radius 2 is 1.96 bits per heavy atom. The van der Waals surface area contributed by atoms with Crippen LogP contribution in [0, 0.1) is 5.92 Å². The molecule has 2 atom stereocenters. The number of amides is 1. The number of carbonyl (C=O) groups excluding carboxylic acids is 1. The largest absolute Gasteiger partial charge is 0.497 e. The zero-order valence-corrected chi connectivity index (χ0v) is 16.3. The predicted molar refractivity (Wildman–Crippen MR) is 111 cm³/mol. The van der Waals surface area contributed by atoms with Crippen LogP contribution in [-0.4, -0.2) is 44.7 Å². The van der Waals surface area contributed by atoms with Gasteiger partial charge in [0.2, 0.25) is 5.91 Å². The van der Waals surface area contributed by atoms with Crippen LogP contribution < -0.4 is 19.9 Å². The molecule has 2 aliphatic heterocycles. The molecule has 5 nitrogen and oxygen atoms in total. The summed E-state index contributed by atoms with van der Waals surface area (Å²) in [7, 11) is 1.70. The SMILES string of the molecule is COc1cccc(N2CCN3c4ccccc4CC(C(=O)NC4CC4)C3C2)c1. The van der Waals surface area contributed by atoms with E-state index in [-0.39, 0.29) is 17.9 Å². The second kappa shape index (κ2) is 7.04. The molecule has 0 spiro atoms. The maximum atomic E-state index is 13.1. The molecule has 0 aromatic heterocycles. The molecule has 3 aliphatic rings. The van der Waals surface area contributed by atoms with Gasteiger partial charge < -0.3 is 19.9 Å². The van der Waals surface area contributed by atoms with Gasteiger partial charge in [-0.1, -0.05) is 24.3 Å². The molecule has 2 aromatic carbocycles. The van der Waals surface area contributed by atoms with E-state index in [9.17, 15) is 4.79 Å². The highest BCUT2D eigenvalue weighted by atomic mass is 16.5. The number of nitrogens with one attached hydrogen (secondary N) is 1.